The third-order valence-electron chi connectivity index (χ3n) is 15.7. The topological polar surface area (TPSA) is 176 Å². The van der Waals surface area contributed by atoms with Crippen LogP contribution in [0.2, 0.25) is 0 Å². The molecule has 5 fully saturated rings. The van der Waals surface area contributed by atoms with E-state index in [1.807, 2.05) is 74.6 Å². The lowest BCUT2D eigenvalue weighted by Gasteiger charge is -2.33. The number of piperazine rings is 2. The molecule has 0 unspecified atom stereocenters. The van der Waals surface area contributed by atoms with Crippen LogP contribution in [0, 0.1) is 20.8 Å². The highest BCUT2D eigenvalue weighted by molar-refractivity contribution is 9.10. The first-order chi connectivity index (χ1) is 36.9. The summed E-state index contributed by atoms with van der Waals surface area (Å²) in [5.41, 5.74) is 12.8. The zero-order valence-electron chi connectivity index (χ0n) is 46.5. The Labute approximate surface area is 478 Å². The van der Waals surface area contributed by atoms with Crippen LogP contribution in [0.15, 0.2) is 65.3 Å². The second kappa shape index (κ2) is 24.3. The molecule has 17 nitrogen and oxygen atoms in total. The Morgan fingerprint density at radius 3 is 1.54 bits per heavy atom. The van der Waals surface area contributed by atoms with E-state index >= 15 is 0 Å². The van der Waals surface area contributed by atoms with E-state index in [2.05, 4.69) is 92.7 Å². The van der Waals surface area contributed by atoms with Gasteiger partial charge >= 0.3 is 7.12 Å². The van der Waals surface area contributed by atoms with Gasteiger partial charge in [0.1, 0.15) is 16.2 Å². The molecule has 422 valence electrons. The summed E-state index contributed by atoms with van der Waals surface area (Å²) in [5, 5.41) is 2.51. The molecule has 5 saturated heterocycles. The lowest BCUT2D eigenvalue weighted by molar-refractivity contribution is 0.00578. The molecule has 2 N–H and O–H groups in total. The first kappa shape index (κ1) is 58.8. The van der Waals surface area contributed by atoms with E-state index < -0.39 is 20.0 Å². The molecule has 9 heterocycles. The maximum Gasteiger partial charge on any atom is 0.494 e. The highest BCUT2D eigenvalue weighted by Crippen LogP contribution is 2.42. The summed E-state index contributed by atoms with van der Waals surface area (Å²) in [5.74, 6) is 2.09. The molecule has 0 bridgehead atoms. The summed E-state index contributed by atoms with van der Waals surface area (Å²) in [6.07, 6.45) is 2.58. The molecule has 2 aromatic carbocycles. The quantitative estimate of drug-likeness (QED) is 0.0819. The number of aromatic nitrogens is 2. The Kier molecular flexibility index (Phi) is 18.4. The van der Waals surface area contributed by atoms with Gasteiger partial charge in [0.15, 0.2) is 0 Å². The van der Waals surface area contributed by atoms with Crippen LogP contribution in [0.3, 0.4) is 0 Å². The number of hydrogen-bond donors (Lipinski definition) is 1. The van der Waals surface area contributed by atoms with Crippen molar-refractivity contribution in [1.29, 1.82) is 0 Å². The first-order valence-electron chi connectivity index (χ1n) is 26.7. The first-order valence-corrected chi connectivity index (χ1v) is 32.9. The lowest BCUT2D eigenvalue weighted by Crippen LogP contribution is -2.47. The molecule has 11 rings (SSSR count). The fourth-order valence-electron chi connectivity index (χ4n) is 10.2. The number of benzene rings is 2. The number of nitrogens with zero attached hydrogens (tertiary/aromatic N) is 8. The molecule has 6 aromatic rings. The van der Waals surface area contributed by atoms with Crippen molar-refractivity contribution in [2.75, 3.05) is 133 Å². The number of fused-ring (bicyclic) bond motifs is 2. The van der Waals surface area contributed by atoms with E-state index in [9.17, 15) is 16.8 Å². The van der Waals surface area contributed by atoms with Crippen LogP contribution < -0.4 is 21.0 Å². The van der Waals surface area contributed by atoms with Gasteiger partial charge in [-0.1, -0.05) is 35.9 Å². The highest BCUT2D eigenvalue weighted by Gasteiger charge is 2.51. The third-order valence-corrected chi connectivity index (χ3v) is 21.3. The summed E-state index contributed by atoms with van der Waals surface area (Å²) in [6, 6.07) is 20.5. The van der Waals surface area contributed by atoms with Crippen molar-refractivity contribution in [1.82, 2.24) is 28.4 Å². The number of sulfonamides is 2. The molecule has 0 aliphatic carbocycles. The number of ether oxygens (including phenoxy) is 2. The minimum absolute atomic E-state index is 0.303. The van der Waals surface area contributed by atoms with E-state index in [4.69, 9.17) is 34.5 Å². The molecule has 0 amide bonds. The number of thiophene rings is 2. The Hall–Kier alpha value is -3.82. The van der Waals surface area contributed by atoms with Gasteiger partial charge in [0, 0.05) is 123 Å². The molecule has 5 aliphatic heterocycles. The summed E-state index contributed by atoms with van der Waals surface area (Å²) in [7, 11) is -6.54. The van der Waals surface area contributed by atoms with Crippen LogP contribution in [0.25, 0.3) is 31.4 Å². The van der Waals surface area contributed by atoms with E-state index in [-0.39, 0.29) is 18.3 Å². The minimum atomic E-state index is -3.12. The SMILES string of the molecule is CC1(C)OB(c2cccc(N)c2)OC1(C)C.Cc1c(CN2CCN(S(C)(=O)=O)CC2)sc2c(N3CCOCC3)nc(Br)cc12.Cc1cccc(-c2cc3c(C)c(CN4CCN(S(C)(=O)=O)CC4)sc3c(N3CCOCC3)n2)c1. The number of anilines is 3. The van der Waals surface area contributed by atoms with Gasteiger partial charge in [-0.25, -0.2) is 26.8 Å². The summed E-state index contributed by atoms with van der Waals surface area (Å²) in [4.78, 5) is 22.0. The number of hydrogen-bond acceptors (Lipinski definition) is 17. The van der Waals surface area contributed by atoms with Crippen molar-refractivity contribution in [3.63, 3.8) is 0 Å². The number of aryl methyl sites for hydroxylation is 3. The Morgan fingerprint density at radius 2 is 1.08 bits per heavy atom. The third kappa shape index (κ3) is 13.7. The van der Waals surface area contributed by atoms with E-state index in [1.165, 1.54) is 59.1 Å². The molecule has 0 spiro atoms. The van der Waals surface area contributed by atoms with E-state index in [0.717, 1.165) is 131 Å². The largest absolute Gasteiger partial charge is 0.494 e. The number of morpholine rings is 2. The number of pyridine rings is 2. The van der Waals surface area contributed by atoms with Crippen LogP contribution in [0.1, 0.15) is 54.1 Å². The number of nitrogen functional groups attached to an aromatic ring is 1. The molecule has 23 heteroatoms. The number of rotatable bonds is 10. The fourth-order valence-corrected chi connectivity index (χ4v) is 15.0. The average Bonchev–Trinajstić information content (AvgIpc) is 4.03. The maximum absolute atomic E-state index is 11.9. The highest BCUT2D eigenvalue weighted by atomic mass is 79.9. The Morgan fingerprint density at radius 1 is 0.615 bits per heavy atom. The van der Waals surface area contributed by atoms with Crippen molar-refractivity contribution in [3.8, 4) is 11.3 Å². The number of nitrogens with two attached hydrogens (primary N) is 1. The molecule has 0 saturated carbocycles. The van der Waals surface area contributed by atoms with Gasteiger partial charge in [0.2, 0.25) is 20.0 Å². The van der Waals surface area contributed by atoms with Crippen molar-refractivity contribution in [2.45, 2.75) is 72.8 Å². The average molecular weight is 1210 g/mol. The van der Waals surface area contributed by atoms with Gasteiger partial charge in [-0.15, -0.1) is 22.7 Å². The van der Waals surface area contributed by atoms with Crippen molar-refractivity contribution in [3.05, 3.63) is 91.7 Å². The van der Waals surface area contributed by atoms with Crippen molar-refractivity contribution >= 4 is 109 Å². The van der Waals surface area contributed by atoms with Gasteiger partial charge in [0.05, 0.1) is 65.2 Å². The fraction of sp³-hybridized carbons (Fsp3) is 0.527. The van der Waals surface area contributed by atoms with Gasteiger partial charge in [-0.05, 0) is 111 Å². The van der Waals surface area contributed by atoms with Crippen LogP contribution in [-0.4, -0.2) is 181 Å². The zero-order chi connectivity index (χ0) is 55.7. The molecular weight excluding hydrogens is 1130 g/mol. The molecule has 0 radical (unpaired) electrons. The molecular formula is C55H75BBrN9O8S4. The van der Waals surface area contributed by atoms with Crippen molar-refractivity contribution in [2.24, 2.45) is 0 Å². The Balaban J connectivity index is 0.000000151. The second-order valence-corrected chi connectivity index (χ2v) is 28.8. The molecule has 0 atom stereocenters. The monoisotopic (exact) mass is 1210 g/mol. The summed E-state index contributed by atoms with van der Waals surface area (Å²) in [6.45, 7) is 28.0. The van der Waals surface area contributed by atoms with Gasteiger partial charge in [-0.2, -0.15) is 8.61 Å². The standard InChI is InChI=1S/C25H32N4O3S2.C18H25BrN4O3S2.C12H18BNO2/c1-18-5-4-6-20(15-18)22-16-21-19(2)23(17-27-7-9-29(10-8-27)34(3,30)31)33-24(21)25(26-22)28-11-13-32-14-12-28;1-13-14-11-16(19)20-18(22-7-9-26-10-8-22)17(14)27-15(13)12-21-3-5-23(6-4-21)28(2,24)25;1-11(2)12(3,4)16-13(15-11)9-6-5-7-10(14)8-9/h4-6,15-16H,7-14,17H2,1-3H3;11H,3-10,12H2,1-2H3;5-8H,14H2,1-4H3. The second-order valence-electron chi connectivity index (χ2n) is 21.9. The van der Waals surface area contributed by atoms with E-state index in [0.29, 0.717) is 26.2 Å². The Bertz CT molecular complexity index is 3300. The molecule has 4 aromatic heterocycles. The normalized spacial score (nSPS) is 19.9. The van der Waals surface area contributed by atoms with Crippen LogP contribution in [0.4, 0.5) is 17.3 Å². The minimum Gasteiger partial charge on any atom is -0.399 e. The van der Waals surface area contributed by atoms with Crippen LogP contribution in [0.5, 0.6) is 0 Å². The van der Waals surface area contributed by atoms with Gasteiger partial charge < -0.3 is 34.3 Å². The molecule has 78 heavy (non-hydrogen) atoms. The van der Waals surface area contributed by atoms with Crippen LogP contribution in [-0.2, 0) is 51.9 Å². The number of halogens is 1. The van der Waals surface area contributed by atoms with Crippen molar-refractivity contribution < 1.29 is 35.6 Å². The predicted molar refractivity (Wildman–Crippen MR) is 323 cm³/mol. The maximum atomic E-state index is 11.9. The van der Waals surface area contributed by atoms with Crippen LogP contribution >= 0.6 is 38.6 Å². The predicted octanol–water partition coefficient (Wildman–Crippen LogP) is 7.34. The summed E-state index contributed by atoms with van der Waals surface area (Å²) < 4.78 is 76.6. The summed E-state index contributed by atoms with van der Waals surface area (Å²) >= 11 is 7.23. The molecule has 5 aliphatic rings. The van der Waals surface area contributed by atoms with Gasteiger partial charge in [-0.3, -0.25) is 9.80 Å². The smallest absolute Gasteiger partial charge is 0.399 e. The lowest BCUT2D eigenvalue weighted by atomic mass is 9.79. The van der Waals surface area contributed by atoms with E-state index in [1.54, 1.807) is 8.61 Å². The zero-order valence-corrected chi connectivity index (χ0v) is 51.4. The van der Waals surface area contributed by atoms with Gasteiger partial charge in [0.25, 0.3) is 0 Å².